The lowest BCUT2D eigenvalue weighted by molar-refractivity contribution is -0.126. The Balaban J connectivity index is 2.48. The molecule has 0 radical (unpaired) electrons. The van der Waals surface area contributed by atoms with Crippen molar-refractivity contribution in [2.24, 2.45) is 5.41 Å². The first kappa shape index (κ1) is 12.1. The van der Waals surface area contributed by atoms with E-state index in [2.05, 4.69) is 6.58 Å². The molecule has 2 aliphatic carbocycles. The lowest BCUT2D eigenvalue weighted by Crippen LogP contribution is -2.38. The lowest BCUT2D eigenvalue weighted by Gasteiger charge is -2.39. The van der Waals surface area contributed by atoms with Crippen LogP contribution >= 0.6 is 0 Å². The van der Waals surface area contributed by atoms with Crippen LogP contribution < -0.4 is 0 Å². The second-order valence-electron chi connectivity index (χ2n) is 4.63. The molecule has 1 N–H and O–H groups in total. The van der Waals surface area contributed by atoms with Gasteiger partial charge in [-0.1, -0.05) is 11.6 Å². The van der Waals surface area contributed by atoms with Crippen molar-refractivity contribution < 1.29 is 14.6 Å². The maximum absolute atomic E-state index is 12.2. The van der Waals surface area contributed by atoms with Gasteiger partial charge in [0.1, 0.15) is 17.6 Å². The zero-order valence-corrected chi connectivity index (χ0v) is 10.1. The number of hydrogen-bond acceptors (Lipinski definition) is 3. The van der Waals surface area contributed by atoms with Crippen molar-refractivity contribution in [3.05, 3.63) is 36.1 Å². The zero-order valence-electron chi connectivity index (χ0n) is 10.1. The summed E-state index contributed by atoms with van der Waals surface area (Å²) in [5.74, 6) is 0.669. The average Bonchev–Trinajstić information content (AvgIpc) is 2.31. The molecule has 0 aliphatic heterocycles. The van der Waals surface area contributed by atoms with E-state index in [4.69, 9.17) is 4.74 Å². The number of methoxy groups -OCH3 is 1. The van der Waals surface area contributed by atoms with Crippen LogP contribution in [0.1, 0.15) is 25.7 Å². The molecule has 0 bridgehead atoms. The van der Waals surface area contributed by atoms with Gasteiger partial charge in [-0.25, -0.2) is 0 Å². The molecule has 0 heterocycles. The molecule has 3 nitrogen and oxygen atoms in total. The van der Waals surface area contributed by atoms with Crippen molar-refractivity contribution in [1.82, 2.24) is 0 Å². The number of aliphatic hydroxyl groups is 1. The summed E-state index contributed by atoms with van der Waals surface area (Å²) in [6, 6.07) is 0. The zero-order chi connectivity index (χ0) is 12.5. The third-order valence-corrected chi connectivity index (χ3v) is 3.66. The number of Topliss-reactive ketones (excluding diaryl/α,β-unsaturated/α-hetero) is 1. The Bertz CT molecular complexity index is 406. The highest BCUT2D eigenvalue weighted by molar-refractivity contribution is 5.91. The van der Waals surface area contributed by atoms with E-state index in [9.17, 15) is 9.90 Å². The van der Waals surface area contributed by atoms with Crippen LogP contribution in [0.4, 0.5) is 0 Å². The summed E-state index contributed by atoms with van der Waals surface area (Å²) >= 11 is 0. The molecule has 1 saturated carbocycles. The summed E-state index contributed by atoms with van der Waals surface area (Å²) in [6.07, 6.45) is 7.50. The van der Waals surface area contributed by atoms with Gasteiger partial charge in [0.2, 0.25) is 0 Å². The van der Waals surface area contributed by atoms with Crippen molar-refractivity contribution in [1.29, 1.82) is 0 Å². The molecular formula is C14H18O3. The van der Waals surface area contributed by atoms with E-state index in [1.807, 2.05) is 0 Å². The molecule has 0 spiro atoms. The van der Waals surface area contributed by atoms with E-state index in [0.29, 0.717) is 18.6 Å². The number of ketones is 1. The highest BCUT2D eigenvalue weighted by atomic mass is 16.5. The van der Waals surface area contributed by atoms with Gasteiger partial charge in [-0.05, 0) is 31.4 Å². The normalized spacial score (nSPS) is 32.4. The Morgan fingerprint density at radius 3 is 3.06 bits per heavy atom. The number of allylic oxidation sites excluding steroid dienone is 3. The third kappa shape index (κ3) is 1.84. The SMILES string of the molecule is C=CC[C@]12C=C(OC)[C@H](O)C=C1CCCC2=O. The van der Waals surface area contributed by atoms with E-state index in [1.165, 1.54) is 7.11 Å². The largest absolute Gasteiger partial charge is 0.498 e. The number of ether oxygens (including phenoxy) is 1. The smallest absolute Gasteiger partial charge is 0.147 e. The van der Waals surface area contributed by atoms with Crippen molar-refractivity contribution in [2.75, 3.05) is 7.11 Å². The molecule has 0 aromatic rings. The van der Waals surface area contributed by atoms with E-state index in [0.717, 1.165) is 18.4 Å². The summed E-state index contributed by atoms with van der Waals surface area (Å²) in [7, 11) is 1.52. The summed E-state index contributed by atoms with van der Waals surface area (Å²) in [4.78, 5) is 12.2. The fraction of sp³-hybridized carbons (Fsp3) is 0.500. The molecule has 3 heteroatoms. The molecule has 92 valence electrons. The molecule has 1 fully saturated rings. The van der Waals surface area contributed by atoms with E-state index in [1.54, 1.807) is 18.2 Å². The van der Waals surface area contributed by atoms with Gasteiger partial charge in [-0.15, -0.1) is 6.58 Å². The number of aliphatic hydroxyl groups excluding tert-OH is 1. The Labute approximate surface area is 101 Å². The maximum atomic E-state index is 12.2. The average molecular weight is 234 g/mol. The van der Waals surface area contributed by atoms with Crippen LogP contribution in [0, 0.1) is 5.41 Å². The van der Waals surface area contributed by atoms with Crippen LogP contribution in [0.25, 0.3) is 0 Å². The lowest BCUT2D eigenvalue weighted by atomic mass is 9.64. The van der Waals surface area contributed by atoms with Crippen LogP contribution in [0.15, 0.2) is 36.1 Å². The molecule has 2 atom stereocenters. The highest BCUT2D eigenvalue weighted by Gasteiger charge is 2.44. The molecule has 0 aromatic heterocycles. The number of carbonyl (C=O) groups is 1. The fourth-order valence-corrected chi connectivity index (χ4v) is 2.78. The Morgan fingerprint density at radius 2 is 2.41 bits per heavy atom. The maximum Gasteiger partial charge on any atom is 0.147 e. The van der Waals surface area contributed by atoms with E-state index in [-0.39, 0.29) is 5.78 Å². The molecular weight excluding hydrogens is 216 g/mol. The molecule has 0 unspecified atom stereocenters. The summed E-state index contributed by atoms with van der Waals surface area (Å²) in [5, 5.41) is 9.87. The van der Waals surface area contributed by atoms with Crippen LogP contribution in [0.5, 0.6) is 0 Å². The minimum Gasteiger partial charge on any atom is -0.498 e. The number of carbonyl (C=O) groups excluding carboxylic acids is 1. The van der Waals surface area contributed by atoms with Gasteiger partial charge in [-0.2, -0.15) is 0 Å². The van der Waals surface area contributed by atoms with Gasteiger partial charge in [0.25, 0.3) is 0 Å². The van der Waals surface area contributed by atoms with Gasteiger partial charge in [0.15, 0.2) is 0 Å². The van der Waals surface area contributed by atoms with Crippen LogP contribution in [-0.2, 0) is 9.53 Å². The molecule has 0 amide bonds. The minimum absolute atomic E-state index is 0.205. The second-order valence-corrected chi connectivity index (χ2v) is 4.63. The topological polar surface area (TPSA) is 46.5 Å². The predicted octanol–water partition coefficient (Wildman–Crippen LogP) is 2.13. The first-order valence-electron chi connectivity index (χ1n) is 5.94. The van der Waals surface area contributed by atoms with Gasteiger partial charge >= 0.3 is 0 Å². The predicted molar refractivity (Wildman–Crippen MR) is 65.3 cm³/mol. The van der Waals surface area contributed by atoms with Gasteiger partial charge in [0.05, 0.1) is 12.5 Å². The van der Waals surface area contributed by atoms with Gasteiger partial charge in [0, 0.05) is 6.42 Å². The quantitative estimate of drug-likeness (QED) is 0.761. The molecule has 2 aliphatic rings. The number of rotatable bonds is 3. The van der Waals surface area contributed by atoms with Gasteiger partial charge in [-0.3, -0.25) is 4.79 Å². The Hall–Kier alpha value is -1.35. The molecule has 2 rings (SSSR count). The van der Waals surface area contributed by atoms with Crippen LogP contribution in [-0.4, -0.2) is 24.1 Å². The molecule has 17 heavy (non-hydrogen) atoms. The third-order valence-electron chi connectivity index (χ3n) is 3.66. The van der Waals surface area contributed by atoms with Crippen molar-refractivity contribution in [2.45, 2.75) is 31.8 Å². The summed E-state index contributed by atoms with van der Waals surface area (Å²) < 4.78 is 5.15. The molecule has 0 aromatic carbocycles. The van der Waals surface area contributed by atoms with Crippen LogP contribution in [0.3, 0.4) is 0 Å². The fourth-order valence-electron chi connectivity index (χ4n) is 2.78. The van der Waals surface area contributed by atoms with Crippen LogP contribution in [0.2, 0.25) is 0 Å². The van der Waals surface area contributed by atoms with Crippen molar-refractivity contribution in [3.8, 4) is 0 Å². The summed E-state index contributed by atoms with van der Waals surface area (Å²) in [6.45, 7) is 3.73. The van der Waals surface area contributed by atoms with Crippen molar-refractivity contribution >= 4 is 5.78 Å². The van der Waals surface area contributed by atoms with Crippen molar-refractivity contribution in [3.63, 3.8) is 0 Å². The van der Waals surface area contributed by atoms with E-state index >= 15 is 0 Å². The Kier molecular flexibility index (Phi) is 3.20. The number of hydrogen-bond donors (Lipinski definition) is 1. The number of fused-ring (bicyclic) bond motifs is 1. The highest BCUT2D eigenvalue weighted by Crippen LogP contribution is 2.46. The first-order valence-corrected chi connectivity index (χ1v) is 5.94. The monoisotopic (exact) mass is 234 g/mol. The standard InChI is InChI=1S/C14H18O3/c1-3-7-14-9-12(17-2)11(15)8-10(14)5-4-6-13(14)16/h3,8-9,11,15H,1,4-7H2,2H3/t11-,14+/m1/s1. The second kappa shape index (κ2) is 4.49. The van der Waals surface area contributed by atoms with E-state index < -0.39 is 11.5 Å². The minimum atomic E-state index is -0.723. The Morgan fingerprint density at radius 1 is 1.65 bits per heavy atom. The molecule has 0 saturated heterocycles. The van der Waals surface area contributed by atoms with Gasteiger partial charge < -0.3 is 9.84 Å². The first-order chi connectivity index (χ1) is 8.14. The summed E-state index contributed by atoms with van der Waals surface area (Å²) in [5.41, 5.74) is 0.409.